The zero-order valence-corrected chi connectivity index (χ0v) is 14.3. The lowest BCUT2D eigenvalue weighted by molar-refractivity contribution is -0.143. The first kappa shape index (κ1) is 16.3. The maximum Gasteiger partial charge on any atom is 0.317 e. The molecule has 2 aromatic rings. The maximum atomic E-state index is 12.8. The van der Waals surface area contributed by atoms with Gasteiger partial charge in [-0.2, -0.15) is 0 Å². The second-order valence-electron chi connectivity index (χ2n) is 5.99. The van der Waals surface area contributed by atoms with Gasteiger partial charge in [-0.3, -0.25) is 4.79 Å². The normalized spacial score (nSPS) is 14.3. The van der Waals surface area contributed by atoms with E-state index in [0.717, 1.165) is 28.9 Å². The van der Waals surface area contributed by atoms with Gasteiger partial charge in [0.1, 0.15) is 11.7 Å². The van der Waals surface area contributed by atoms with E-state index in [1.165, 1.54) is 11.1 Å². The van der Waals surface area contributed by atoms with E-state index in [4.69, 9.17) is 9.47 Å². The van der Waals surface area contributed by atoms with Crippen molar-refractivity contribution >= 4 is 11.5 Å². The molecule has 0 spiro atoms. The van der Waals surface area contributed by atoms with Crippen molar-refractivity contribution in [2.45, 2.75) is 26.2 Å². The molecule has 0 saturated carbocycles. The molecule has 0 aromatic heterocycles. The number of allylic oxidation sites excluding steroid dienone is 1. The van der Waals surface area contributed by atoms with E-state index in [2.05, 4.69) is 19.1 Å². The first-order valence-corrected chi connectivity index (χ1v) is 8.24. The fourth-order valence-electron chi connectivity index (χ4n) is 3.42. The smallest absolute Gasteiger partial charge is 0.317 e. The summed E-state index contributed by atoms with van der Waals surface area (Å²) in [5.74, 6) is 0.104. The van der Waals surface area contributed by atoms with Gasteiger partial charge in [-0.1, -0.05) is 42.0 Å². The molecule has 1 unspecified atom stereocenters. The number of carbonyl (C=O) groups excluding carboxylic acids is 1. The summed E-state index contributed by atoms with van der Waals surface area (Å²) in [4.78, 5) is 12.8. The van der Waals surface area contributed by atoms with E-state index < -0.39 is 5.92 Å². The van der Waals surface area contributed by atoms with Gasteiger partial charge in [0.25, 0.3) is 0 Å². The summed E-state index contributed by atoms with van der Waals surface area (Å²) >= 11 is 0. The van der Waals surface area contributed by atoms with E-state index >= 15 is 0 Å². The third-order valence-electron chi connectivity index (χ3n) is 4.46. The zero-order valence-electron chi connectivity index (χ0n) is 14.3. The summed E-state index contributed by atoms with van der Waals surface area (Å²) in [5.41, 5.74) is 5.60. The number of carbonyl (C=O) groups is 1. The largest absolute Gasteiger partial charge is 0.497 e. The molecule has 3 rings (SSSR count). The minimum absolute atomic E-state index is 0.211. The Labute approximate surface area is 142 Å². The second-order valence-corrected chi connectivity index (χ2v) is 5.99. The van der Waals surface area contributed by atoms with Gasteiger partial charge in [0.05, 0.1) is 13.7 Å². The maximum absolute atomic E-state index is 12.8. The Kier molecular flexibility index (Phi) is 4.70. The average Bonchev–Trinajstić information content (AvgIpc) is 2.92. The van der Waals surface area contributed by atoms with Crippen molar-refractivity contribution < 1.29 is 14.3 Å². The van der Waals surface area contributed by atoms with Crippen LogP contribution in [0.4, 0.5) is 0 Å². The molecular weight excluding hydrogens is 300 g/mol. The molecule has 0 fully saturated rings. The fourth-order valence-corrected chi connectivity index (χ4v) is 3.42. The van der Waals surface area contributed by atoms with Gasteiger partial charge in [0, 0.05) is 0 Å². The van der Waals surface area contributed by atoms with Crippen LogP contribution in [0.1, 0.15) is 36.5 Å². The summed E-state index contributed by atoms with van der Waals surface area (Å²) in [5, 5.41) is 0. The fraction of sp³-hybridized carbons (Fsp3) is 0.286. The molecule has 1 atom stereocenters. The Balaban J connectivity index is 2.12. The van der Waals surface area contributed by atoms with Crippen LogP contribution in [-0.2, 0) is 16.0 Å². The lowest BCUT2D eigenvalue weighted by Gasteiger charge is -2.20. The lowest BCUT2D eigenvalue weighted by Crippen LogP contribution is -2.18. The van der Waals surface area contributed by atoms with Gasteiger partial charge in [0.2, 0.25) is 0 Å². The molecule has 1 aliphatic rings. The second kappa shape index (κ2) is 6.91. The third-order valence-corrected chi connectivity index (χ3v) is 4.46. The number of methoxy groups -OCH3 is 1. The zero-order chi connectivity index (χ0) is 17.1. The molecule has 2 aromatic carbocycles. The lowest BCUT2D eigenvalue weighted by atomic mass is 9.86. The Morgan fingerprint density at radius 2 is 1.96 bits per heavy atom. The Morgan fingerprint density at radius 1 is 1.17 bits per heavy atom. The molecule has 0 saturated heterocycles. The Hall–Kier alpha value is -2.55. The number of hydrogen-bond acceptors (Lipinski definition) is 3. The first-order valence-electron chi connectivity index (χ1n) is 8.24. The molecule has 1 aliphatic carbocycles. The topological polar surface area (TPSA) is 35.5 Å². The van der Waals surface area contributed by atoms with Gasteiger partial charge in [-0.15, -0.1) is 0 Å². The molecule has 0 bridgehead atoms. The molecule has 0 aliphatic heterocycles. The molecule has 0 amide bonds. The summed E-state index contributed by atoms with van der Waals surface area (Å²) < 4.78 is 10.7. The van der Waals surface area contributed by atoms with Crippen LogP contribution in [0.2, 0.25) is 0 Å². The Morgan fingerprint density at radius 3 is 2.71 bits per heavy atom. The molecule has 24 heavy (non-hydrogen) atoms. The van der Waals surface area contributed by atoms with Gasteiger partial charge >= 0.3 is 5.97 Å². The summed E-state index contributed by atoms with van der Waals surface area (Å²) in [6.07, 6.45) is 0.880. The predicted octanol–water partition coefficient (Wildman–Crippen LogP) is 4.37. The highest BCUT2D eigenvalue weighted by Crippen LogP contribution is 2.43. The van der Waals surface area contributed by atoms with Crippen LogP contribution in [0, 0.1) is 0 Å². The number of esters is 1. The predicted molar refractivity (Wildman–Crippen MR) is 95.1 cm³/mol. The van der Waals surface area contributed by atoms with Crippen LogP contribution < -0.4 is 4.74 Å². The monoisotopic (exact) mass is 322 g/mol. The number of hydrogen-bond donors (Lipinski definition) is 0. The number of rotatable bonds is 5. The molecule has 3 nitrogen and oxygen atoms in total. The standard InChI is InChI=1S/C21H22O3/c1-4-24-21(22)20(16-9-7-10-17(13-16)23-3)19-14(2)12-15-8-5-6-11-18(15)19/h5-11,13,20H,4,12H2,1-3H3. The summed E-state index contributed by atoms with van der Waals surface area (Å²) in [6.45, 7) is 4.30. The minimum Gasteiger partial charge on any atom is -0.497 e. The van der Waals surface area contributed by atoms with Crippen LogP contribution in [0.15, 0.2) is 54.1 Å². The van der Waals surface area contributed by atoms with Gasteiger partial charge < -0.3 is 9.47 Å². The minimum atomic E-state index is -0.427. The van der Waals surface area contributed by atoms with Crippen LogP contribution in [0.25, 0.3) is 5.57 Å². The van der Waals surface area contributed by atoms with E-state index in [9.17, 15) is 4.79 Å². The molecule has 3 heteroatoms. The van der Waals surface area contributed by atoms with Crippen molar-refractivity contribution in [2.75, 3.05) is 13.7 Å². The molecule has 124 valence electrons. The summed E-state index contributed by atoms with van der Waals surface area (Å²) in [7, 11) is 1.63. The molecule has 0 heterocycles. The van der Waals surface area contributed by atoms with Crippen molar-refractivity contribution in [3.8, 4) is 5.75 Å². The highest BCUT2D eigenvalue weighted by molar-refractivity contribution is 5.97. The highest BCUT2D eigenvalue weighted by atomic mass is 16.5. The molecular formula is C21H22O3. The highest BCUT2D eigenvalue weighted by Gasteiger charge is 2.33. The molecule has 0 radical (unpaired) electrons. The van der Waals surface area contributed by atoms with Crippen LogP contribution in [0.3, 0.4) is 0 Å². The van der Waals surface area contributed by atoms with Crippen molar-refractivity contribution in [1.29, 1.82) is 0 Å². The van der Waals surface area contributed by atoms with E-state index in [1.54, 1.807) is 7.11 Å². The quantitative estimate of drug-likeness (QED) is 0.767. The van der Waals surface area contributed by atoms with E-state index in [1.807, 2.05) is 43.3 Å². The summed E-state index contributed by atoms with van der Waals surface area (Å²) in [6, 6.07) is 16.0. The van der Waals surface area contributed by atoms with Crippen molar-refractivity contribution in [2.24, 2.45) is 0 Å². The number of ether oxygens (including phenoxy) is 2. The molecule has 0 N–H and O–H groups in total. The van der Waals surface area contributed by atoms with E-state index in [0.29, 0.717) is 6.61 Å². The van der Waals surface area contributed by atoms with Gasteiger partial charge in [-0.05, 0) is 54.7 Å². The average molecular weight is 322 g/mol. The van der Waals surface area contributed by atoms with Crippen molar-refractivity contribution in [3.63, 3.8) is 0 Å². The van der Waals surface area contributed by atoms with Crippen LogP contribution >= 0.6 is 0 Å². The first-order chi connectivity index (χ1) is 11.7. The van der Waals surface area contributed by atoms with Crippen molar-refractivity contribution in [1.82, 2.24) is 0 Å². The Bertz CT molecular complexity index is 789. The van der Waals surface area contributed by atoms with Crippen LogP contribution in [0.5, 0.6) is 5.75 Å². The SMILES string of the molecule is CCOC(=O)C(C1=C(C)Cc2ccccc21)c1cccc(OC)c1. The van der Waals surface area contributed by atoms with Gasteiger partial charge in [-0.25, -0.2) is 0 Å². The van der Waals surface area contributed by atoms with Crippen LogP contribution in [-0.4, -0.2) is 19.7 Å². The number of benzene rings is 2. The third kappa shape index (κ3) is 2.94. The number of fused-ring (bicyclic) bond motifs is 1. The van der Waals surface area contributed by atoms with Crippen molar-refractivity contribution in [3.05, 3.63) is 70.8 Å². The van der Waals surface area contributed by atoms with E-state index in [-0.39, 0.29) is 5.97 Å². The van der Waals surface area contributed by atoms with Gasteiger partial charge in [0.15, 0.2) is 0 Å².